The Bertz CT molecular complexity index is 650. The van der Waals surface area contributed by atoms with Gasteiger partial charge in [-0.2, -0.15) is 0 Å². The van der Waals surface area contributed by atoms with Crippen molar-refractivity contribution in [2.45, 2.75) is 19.4 Å². The average molecular weight is 330 g/mol. The summed E-state index contributed by atoms with van der Waals surface area (Å²) in [6, 6.07) is 6.41. The zero-order chi connectivity index (χ0) is 17.3. The predicted molar refractivity (Wildman–Crippen MR) is 90.7 cm³/mol. The molecule has 1 atom stereocenters. The molecule has 2 heterocycles. The van der Waals surface area contributed by atoms with Gasteiger partial charge < -0.3 is 10.2 Å². The smallest absolute Gasteiger partial charge is 0.251 e. The lowest BCUT2D eigenvalue weighted by atomic mass is 10.2. The number of carbonyl (C=O) groups is 3. The molecule has 2 aliphatic rings. The van der Waals surface area contributed by atoms with Crippen molar-refractivity contribution in [3.8, 4) is 0 Å². The first-order chi connectivity index (χ1) is 11.5. The lowest BCUT2D eigenvalue weighted by Gasteiger charge is -2.35. The summed E-state index contributed by atoms with van der Waals surface area (Å²) >= 11 is 0. The van der Waals surface area contributed by atoms with Crippen LogP contribution in [0.25, 0.3) is 0 Å². The van der Waals surface area contributed by atoms with Gasteiger partial charge in [-0.1, -0.05) is 0 Å². The Balaban J connectivity index is 1.73. The minimum Gasteiger partial charge on any atom is -0.326 e. The van der Waals surface area contributed by atoms with Crippen molar-refractivity contribution in [3.63, 3.8) is 0 Å². The number of amides is 3. The van der Waals surface area contributed by atoms with E-state index in [2.05, 4.69) is 22.2 Å². The quantitative estimate of drug-likeness (QED) is 0.818. The second-order valence-corrected chi connectivity index (χ2v) is 6.35. The van der Waals surface area contributed by atoms with Gasteiger partial charge in [0.25, 0.3) is 5.91 Å². The zero-order valence-electron chi connectivity index (χ0n) is 14.0. The van der Waals surface area contributed by atoms with Gasteiger partial charge in [0.15, 0.2) is 0 Å². The van der Waals surface area contributed by atoms with E-state index in [4.69, 9.17) is 0 Å². The molecule has 3 amide bonds. The number of likely N-dealkylation sites (N-methyl/N-ethyl adjacent to an activating group) is 1. The van der Waals surface area contributed by atoms with Gasteiger partial charge in [-0.05, 0) is 31.3 Å². The van der Waals surface area contributed by atoms with Crippen LogP contribution < -0.4 is 10.2 Å². The number of imide groups is 1. The van der Waals surface area contributed by atoms with Crippen molar-refractivity contribution < 1.29 is 14.4 Å². The summed E-state index contributed by atoms with van der Waals surface area (Å²) in [5, 5.41) is 2.67. The molecule has 0 unspecified atom stereocenters. The topological polar surface area (TPSA) is 73.0 Å². The standard InChI is InChI=1S/C17H22N4O3/c1-12(22)18-13-3-5-14(6-4-13)21-16(23)11-15(17(21)24)20-9-7-19(2)8-10-20/h3-6,15H,7-11H2,1-2H3,(H,18,22)/t15-/m0/s1. The van der Waals surface area contributed by atoms with Gasteiger partial charge in [0.05, 0.1) is 18.2 Å². The summed E-state index contributed by atoms with van der Waals surface area (Å²) in [4.78, 5) is 41.8. The first kappa shape index (κ1) is 16.6. The largest absolute Gasteiger partial charge is 0.326 e. The summed E-state index contributed by atoms with van der Waals surface area (Å²) in [6.45, 7) is 4.85. The molecule has 0 saturated carbocycles. The molecule has 2 saturated heterocycles. The lowest BCUT2D eigenvalue weighted by molar-refractivity contribution is -0.123. The van der Waals surface area contributed by atoms with E-state index in [0.29, 0.717) is 11.4 Å². The third-order valence-corrected chi connectivity index (χ3v) is 4.55. The van der Waals surface area contributed by atoms with Crippen LogP contribution in [0.4, 0.5) is 11.4 Å². The first-order valence-corrected chi connectivity index (χ1v) is 8.13. The molecular weight excluding hydrogens is 308 g/mol. The van der Waals surface area contributed by atoms with Gasteiger partial charge in [-0.3, -0.25) is 19.3 Å². The van der Waals surface area contributed by atoms with Crippen molar-refractivity contribution in [2.75, 3.05) is 43.4 Å². The van der Waals surface area contributed by atoms with Crippen molar-refractivity contribution in [1.82, 2.24) is 9.80 Å². The highest BCUT2D eigenvalue weighted by molar-refractivity contribution is 6.22. The molecule has 1 N–H and O–H groups in total. The Morgan fingerprint density at radius 1 is 1.08 bits per heavy atom. The van der Waals surface area contributed by atoms with Gasteiger partial charge in [-0.15, -0.1) is 0 Å². The summed E-state index contributed by atoms with van der Waals surface area (Å²) in [5.41, 5.74) is 1.19. The van der Waals surface area contributed by atoms with Gasteiger partial charge >= 0.3 is 0 Å². The molecule has 3 rings (SSSR count). The summed E-state index contributed by atoms with van der Waals surface area (Å²) in [7, 11) is 2.06. The minimum absolute atomic E-state index is 0.156. The van der Waals surface area contributed by atoms with Crippen molar-refractivity contribution in [1.29, 1.82) is 0 Å². The average Bonchev–Trinajstić information content (AvgIpc) is 2.83. The molecule has 0 bridgehead atoms. The van der Waals surface area contributed by atoms with E-state index in [-0.39, 0.29) is 30.2 Å². The molecule has 7 heteroatoms. The number of carbonyl (C=O) groups excluding carboxylic acids is 3. The monoisotopic (exact) mass is 330 g/mol. The molecule has 0 aliphatic carbocycles. The molecule has 0 spiro atoms. The fourth-order valence-corrected chi connectivity index (χ4v) is 3.20. The second-order valence-electron chi connectivity index (χ2n) is 6.35. The SMILES string of the molecule is CC(=O)Nc1ccc(N2C(=O)C[C@H](N3CCN(C)CC3)C2=O)cc1. The molecule has 2 fully saturated rings. The van der Waals surface area contributed by atoms with Crippen LogP contribution in [0.15, 0.2) is 24.3 Å². The maximum Gasteiger partial charge on any atom is 0.251 e. The van der Waals surface area contributed by atoms with E-state index in [1.54, 1.807) is 24.3 Å². The van der Waals surface area contributed by atoms with Crippen molar-refractivity contribution in [3.05, 3.63) is 24.3 Å². The Morgan fingerprint density at radius 2 is 1.71 bits per heavy atom. The van der Waals surface area contributed by atoms with E-state index >= 15 is 0 Å². The second kappa shape index (κ2) is 6.70. The molecule has 2 aliphatic heterocycles. The molecular formula is C17H22N4O3. The number of rotatable bonds is 3. The molecule has 1 aromatic rings. The maximum atomic E-state index is 12.7. The minimum atomic E-state index is -0.360. The van der Waals surface area contributed by atoms with Crippen LogP contribution in [0, 0.1) is 0 Å². The number of piperazine rings is 1. The third-order valence-electron chi connectivity index (χ3n) is 4.55. The van der Waals surface area contributed by atoms with Gasteiger partial charge in [0.2, 0.25) is 11.8 Å². The Morgan fingerprint density at radius 3 is 2.29 bits per heavy atom. The maximum absolute atomic E-state index is 12.7. The van der Waals surface area contributed by atoms with E-state index in [0.717, 1.165) is 26.2 Å². The van der Waals surface area contributed by atoms with Crippen molar-refractivity contribution in [2.24, 2.45) is 0 Å². The number of benzene rings is 1. The molecule has 0 radical (unpaired) electrons. The number of hydrogen-bond donors (Lipinski definition) is 1. The van der Waals surface area contributed by atoms with Gasteiger partial charge in [-0.25, -0.2) is 4.90 Å². The third kappa shape index (κ3) is 3.32. The Labute approximate surface area is 141 Å². The summed E-state index contributed by atoms with van der Waals surface area (Å²) in [6.07, 6.45) is 0.232. The number of nitrogens with one attached hydrogen (secondary N) is 1. The molecule has 128 valence electrons. The predicted octanol–water partition coefficient (Wildman–Crippen LogP) is 0.524. The van der Waals surface area contributed by atoms with Crippen molar-refractivity contribution >= 4 is 29.1 Å². The fourth-order valence-electron chi connectivity index (χ4n) is 3.20. The fraction of sp³-hybridized carbons (Fsp3) is 0.471. The van der Waals surface area contributed by atoms with Crippen LogP contribution in [-0.4, -0.2) is 66.8 Å². The molecule has 1 aromatic carbocycles. The van der Waals surface area contributed by atoms with Gasteiger partial charge in [0, 0.05) is 38.8 Å². The normalized spacial score (nSPS) is 22.9. The first-order valence-electron chi connectivity index (χ1n) is 8.13. The summed E-state index contributed by atoms with van der Waals surface area (Å²) < 4.78 is 0. The lowest BCUT2D eigenvalue weighted by Crippen LogP contribution is -2.51. The van der Waals surface area contributed by atoms with Crippen LogP contribution in [0.1, 0.15) is 13.3 Å². The van der Waals surface area contributed by atoms with E-state index in [9.17, 15) is 14.4 Å². The van der Waals surface area contributed by atoms with Crippen LogP contribution in [0.5, 0.6) is 0 Å². The van der Waals surface area contributed by atoms with Crippen LogP contribution in [-0.2, 0) is 14.4 Å². The van der Waals surface area contributed by atoms with Gasteiger partial charge in [0.1, 0.15) is 0 Å². The molecule has 0 aromatic heterocycles. The van der Waals surface area contributed by atoms with E-state index in [1.807, 2.05) is 0 Å². The van der Waals surface area contributed by atoms with Crippen LogP contribution in [0.2, 0.25) is 0 Å². The Kier molecular flexibility index (Phi) is 4.64. The number of hydrogen-bond acceptors (Lipinski definition) is 5. The highest BCUT2D eigenvalue weighted by atomic mass is 16.2. The Hall–Kier alpha value is -2.25. The highest BCUT2D eigenvalue weighted by Gasteiger charge is 2.43. The molecule has 24 heavy (non-hydrogen) atoms. The molecule has 7 nitrogen and oxygen atoms in total. The van der Waals surface area contributed by atoms with E-state index in [1.165, 1.54) is 11.8 Å². The van der Waals surface area contributed by atoms with Crippen LogP contribution >= 0.6 is 0 Å². The van der Waals surface area contributed by atoms with Crippen LogP contribution in [0.3, 0.4) is 0 Å². The number of anilines is 2. The van der Waals surface area contributed by atoms with E-state index < -0.39 is 0 Å². The zero-order valence-corrected chi connectivity index (χ0v) is 14.0. The highest BCUT2D eigenvalue weighted by Crippen LogP contribution is 2.27. The summed E-state index contributed by atoms with van der Waals surface area (Å²) in [5.74, 6) is -0.487. The number of nitrogens with zero attached hydrogens (tertiary/aromatic N) is 3.